The van der Waals surface area contributed by atoms with Gasteiger partial charge in [-0.25, -0.2) is 18.1 Å². The first-order chi connectivity index (χ1) is 12.1. The summed E-state index contributed by atoms with van der Waals surface area (Å²) in [6.45, 7) is 2.85. The molecule has 0 bridgehead atoms. The van der Waals surface area contributed by atoms with E-state index in [9.17, 15) is 21.6 Å². The van der Waals surface area contributed by atoms with Crippen molar-refractivity contribution < 1.29 is 26.3 Å². The first-order valence-electron chi connectivity index (χ1n) is 7.89. The molecule has 3 rings (SSSR count). The molecule has 0 radical (unpaired) electrons. The minimum atomic E-state index is -4.73. The third-order valence-electron chi connectivity index (χ3n) is 4.14. The Morgan fingerprint density at radius 1 is 1.42 bits per heavy atom. The maximum atomic E-state index is 12.8. The summed E-state index contributed by atoms with van der Waals surface area (Å²) in [5.74, 6) is 0.568. The second kappa shape index (κ2) is 6.67. The lowest BCUT2D eigenvalue weighted by molar-refractivity contribution is -0.141. The highest BCUT2D eigenvalue weighted by atomic mass is 32.2. The Kier molecular flexibility index (Phi) is 4.84. The van der Waals surface area contributed by atoms with Gasteiger partial charge in [-0.1, -0.05) is 0 Å². The molecule has 0 spiro atoms. The van der Waals surface area contributed by atoms with Gasteiger partial charge in [-0.3, -0.25) is 4.68 Å². The molecule has 2 aromatic rings. The molecule has 144 valence electrons. The zero-order chi connectivity index (χ0) is 19.1. The molecule has 0 amide bonds. The van der Waals surface area contributed by atoms with Gasteiger partial charge < -0.3 is 9.30 Å². The molecule has 0 aromatic carbocycles. The molecular weight excluding hydrogens is 375 g/mol. The number of sulfonamides is 1. The predicted molar refractivity (Wildman–Crippen MR) is 83.5 cm³/mol. The third-order valence-corrected chi connectivity index (χ3v) is 5.69. The average molecular weight is 393 g/mol. The summed E-state index contributed by atoms with van der Waals surface area (Å²) in [7, 11) is -3.07. The van der Waals surface area contributed by atoms with Gasteiger partial charge >= 0.3 is 6.18 Å². The van der Waals surface area contributed by atoms with E-state index in [1.165, 1.54) is 0 Å². The van der Waals surface area contributed by atoms with Crippen LogP contribution < -0.4 is 4.72 Å². The van der Waals surface area contributed by atoms with Crippen molar-refractivity contribution in [1.29, 1.82) is 0 Å². The van der Waals surface area contributed by atoms with Crippen LogP contribution in [0.5, 0.6) is 0 Å². The molecule has 1 saturated heterocycles. The highest BCUT2D eigenvalue weighted by molar-refractivity contribution is 7.89. The van der Waals surface area contributed by atoms with Gasteiger partial charge in [0.05, 0.1) is 6.04 Å². The quantitative estimate of drug-likeness (QED) is 0.831. The number of nitrogens with one attached hydrogen (secondary N) is 1. The molecule has 26 heavy (non-hydrogen) atoms. The maximum Gasteiger partial charge on any atom is 0.435 e. The van der Waals surface area contributed by atoms with E-state index < -0.39 is 39.1 Å². The molecule has 0 unspecified atom stereocenters. The summed E-state index contributed by atoms with van der Waals surface area (Å²) >= 11 is 0. The van der Waals surface area contributed by atoms with Crippen molar-refractivity contribution in [1.82, 2.24) is 24.1 Å². The molecule has 0 aliphatic carbocycles. The number of ether oxygens (including phenoxy) is 1. The minimum Gasteiger partial charge on any atom is -0.369 e. The number of rotatable bonds is 5. The Morgan fingerprint density at radius 3 is 2.77 bits per heavy atom. The molecular formula is C14H18F3N5O3S. The van der Waals surface area contributed by atoms with Gasteiger partial charge in [-0.05, 0) is 13.3 Å². The molecule has 0 saturated carbocycles. The predicted octanol–water partition coefficient (Wildman–Crippen LogP) is 1.46. The number of nitrogens with zero attached hydrogens (tertiary/aromatic N) is 4. The van der Waals surface area contributed by atoms with Crippen molar-refractivity contribution in [3.63, 3.8) is 0 Å². The molecule has 1 N–H and O–H groups in total. The molecule has 1 aliphatic rings. The van der Waals surface area contributed by atoms with Crippen LogP contribution in [0.4, 0.5) is 13.2 Å². The number of hydrogen-bond acceptors (Lipinski definition) is 5. The van der Waals surface area contributed by atoms with Crippen molar-refractivity contribution in [2.45, 2.75) is 43.2 Å². The van der Waals surface area contributed by atoms with Crippen molar-refractivity contribution in [2.75, 3.05) is 6.61 Å². The van der Waals surface area contributed by atoms with Crippen molar-refractivity contribution in [3.8, 4) is 0 Å². The van der Waals surface area contributed by atoms with Crippen LogP contribution in [0.1, 0.15) is 31.0 Å². The Morgan fingerprint density at radius 2 is 2.15 bits per heavy atom. The number of aromatic nitrogens is 4. The fourth-order valence-corrected chi connectivity index (χ4v) is 4.33. The summed E-state index contributed by atoms with van der Waals surface area (Å²) in [5.41, 5.74) is -1.26. The van der Waals surface area contributed by atoms with E-state index in [0.29, 0.717) is 36.1 Å². The Bertz CT molecular complexity index is 890. The van der Waals surface area contributed by atoms with Crippen LogP contribution in [0.2, 0.25) is 0 Å². The van der Waals surface area contributed by atoms with Crippen LogP contribution in [0.3, 0.4) is 0 Å². The van der Waals surface area contributed by atoms with Gasteiger partial charge in [-0.2, -0.15) is 18.3 Å². The lowest BCUT2D eigenvalue weighted by atomic mass is 10.1. The van der Waals surface area contributed by atoms with Gasteiger partial charge in [0.25, 0.3) is 10.0 Å². The number of aryl methyl sites for hydroxylation is 2. The first-order valence-corrected chi connectivity index (χ1v) is 9.38. The largest absolute Gasteiger partial charge is 0.435 e. The van der Waals surface area contributed by atoms with Crippen LogP contribution in [-0.2, 0) is 34.5 Å². The molecule has 2 aromatic heterocycles. The van der Waals surface area contributed by atoms with Gasteiger partial charge in [-0.15, -0.1) is 0 Å². The summed E-state index contributed by atoms with van der Waals surface area (Å²) in [6.07, 6.45) is -1.63. The normalized spacial score (nSPS) is 21.4. The molecule has 1 fully saturated rings. The zero-order valence-corrected chi connectivity index (χ0v) is 14.9. The second-order valence-corrected chi connectivity index (χ2v) is 7.53. The van der Waals surface area contributed by atoms with Gasteiger partial charge in [0.1, 0.15) is 11.9 Å². The van der Waals surface area contributed by atoms with Crippen molar-refractivity contribution in [2.24, 2.45) is 7.05 Å². The zero-order valence-electron chi connectivity index (χ0n) is 14.1. The summed E-state index contributed by atoms with van der Waals surface area (Å²) < 4.78 is 74.1. The highest BCUT2D eigenvalue weighted by Crippen LogP contribution is 2.31. The molecule has 2 atom stereocenters. The third kappa shape index (κ3) is 3.48. The number of alkyl halides is 3. The number of halogens is 3. The van der Waals surface area contributed by atoms with E-state index in [1.54, 1.807) is 12.4 Å². The molecule has 12 heteroatoms. The number of hydrogen-bond donors (Lipinski definition) is 1. The van der Waals surface area contributed by atoms with Crippen LogP contribution in [0.25, 0.3) is 0 Å². The molecule has 8 nitrogen and oxygen atoms in total. The van der Waals surface area contributed by atoms with E-state index >= 15 is 0 Å². The maximum absolute atomic E-state index is 12.8. The summed E-state index contributed by atoms with van der Waals surface area (Å²) in [5, 5.41) is 2.68. The average Bonchev–Trinajstić information content (AvgIpc) is 3.24. The van der Waals surface area contributed by atoms with Gasteiger partial charge in [0.2, 0.25) is 0 Å². The lowest BCUT2D eigenvalue weighted by Crippen LogP contribution is -2.38. The van der Waals surface area contributed by atoms with Crippen LogP contribution in [0, 0.1) is 0 Å². The minimum absolute atomic E-state index is 0.313. The lowest BCUT2D eigenvalue weighted by Gasteiger charge is -2.20. The van der Waals surface area contributed by atoms with E-state index in [-0.39, 0.29) is 0 Å². The molecule has 1 aliphatic heterocycles. The highest BCUT2D eigenvalue weighted by Gasteiger charge is 2.39. The van der Waals surface area contributed by atoms with E-state index in [0.717, 1.165) is 7.05 Å². The van der Waals surface area contributed by atoms with Gasteiger partial charge in [0, 0.05) is 38.7 Å². The monoisotopic (exact) mass is 393 g/mol. The van der Waals surface area contributed by atoms with Crippen LogP contribution >= 0.6 is 0 Å². The number of imidazole rings is 1. The van der Waals surface area contributed by atoms with Crippen LogP contribution in [-0.4, -0.2) is 40.4 Å². The fourth-order valence-electron chi connectivity index (χ4n) is 2.91. The van der Waals surface area contributed by atoms with Crippen molar-refractivity contribution >= 4 is 10.0 Å². The van der Waals surface area contributed by atoms with E-state index in [4.69, 9.17) is 4.74 Å². The van der Waals surface area contributed by atoms with Gasteiger partial charge in [0.15, 0.2) is 10.7 Å². The SMILES string of the molecule is CCn1ccnc1[C@@H]1OCC[C@H]1NS(=O)(=O)c1cc(C(F)(F)F)nn1C. The van der Waals surface area contributed by atoms with E-state index in [2.05, 4.69) is 14.8 Å². The summed E-state index contributed by atoms with van der Waals surface area (Å²) in [4.78, 5) is 4.21. The smallest absolute Gasteiger partial charge is 0.369 e. The fraction of sp³-hybridized carbons (Fsp3) is 0.571. The van der Waals surface area contributed by atoms with Crippen LogP contribution in [0.15, 0.2) is 23.5 Å². The Hall–Kier alpha value is -1.92. The first kappa shape index (κ1) is 18.9. The summed E-state index contributed by atoms with van der Waals surface area (Å²) in [6, 6.07) is -0.128. The second-order valence-electron chi connectivity index (χ2n) is 5.87. The Balaban J connectivity index is 1.86. The molecule has 3 heterocycles. The Labute approximate surface area is 148 Å². The standard InChI is InChI=1S/C14H18F3N5O3S/c1-3-22-6-5-18-13(22)12-9(4-7-25-12)20-26(23,24)11-8-10(14(15,16)17)19-21(11)2/h5-6,8-9,12,20H,3-4,7H2,1-2H3/t9-,12-/m1/s1. The topological polar surface area (TPSA) is 91.0 Å². The van der Waals surface area contributed by atoms with E-state index in [1.807, 2.05) is 11.5 Å². The van der Waals surface area contributed by atoms with Crippen molar-refractivity contribution in [3.05, 3.63) is 30.0 Å².